The van der Waals surface area contributed by atoms with E-state index in [4.69, 9.17) is 5.26 Å². The van der Waals surface area contributed by atoms with Crippen molar-refractivity contribution in [1.29, 1.82) is 5.26 Å². The normalized spacial score (nSPS) is 12.6. The number of fused-ring (bicyclic) bond motifs is 2. The number of hydrogen-bond donors (Lipinski definition) is 1. The van der Waals surface area contributed by atoms with Crippen LogP contribution in [0.25, 0.3) is 0 Å². The van der Waals surface area contributed by atoms with Crippen molar-refractivity contribution in [3.05, 3.63) is 64.7 Å². The van der Waals surface area contributed by atoms with Crippen molar-refractivity contribution in [2.45, 2.75) is 13.0 Å². The van der Waals surface area contributed by atoms with Crippen molar-refractivity contribution in [3.8, 4) is 6.07 Å². The standard InChI is InChI=1S/C15H12N2/c16-9-12-5-3-6-13-10-17-15-7-2-1-4-11(15)8-14(12)13/h1-7,17H,8,10H2. The highest BCUT2D eigenvalue weighted by Gasteiger charge is 2.14. The predicted molar refractivity (Wildman–Crippen MR) is 67.7 cm³/mol. The Morgan fingerprint density at radius 2 is 1.82 bits per heavy atom. The van der Waals surface area contributed by atoms with Crippen LogP contribution in [0.15, 0.2) is 42.5 Å². The van der Waals surface area contributed by atoms with Crippen molar-refractivity contribution in [1.82, 2.24) is 0 Å². The molecule has 0 aliphatic carbocycles. The Morgan fingerprint density at radius 1 is 1.00 bits per heavy atom. The van der Waals surface area contributed by atoms with E-state index >= 15 is 0 Å². The van der Waals surface area contributed by atoms with Gasteiger partial charge in [-0.15, -0.1) is 0 Å². The Balaban J connectivity index is 2.16. The van der Waals surface area contributed by atoms with E-state index < -0.39 is 0 Å². The Bertz CT molecular complexity index is 609. The summed E-state index contributed by atoms with van der Waals surface area (Å²) < 4.78 is 0. The molecule has 0 radical (unpaired) electrons. The molecule has 1 aliphatic rings. The number of para-hydroxylation sites is 1. The molecule has 0 fully saturated rings. The molecule has 3 rings (SSSR count). The zero-order valence-corrected chi connectivity index (χ0v) is 9.40. The van der Waals surface area contributed by atoms with Crippen LogP contribution in [0, 0.1) is 11.3 Å². The number of nitrogens with zero attached hydrogens (tertiary/aromatic N) is 1. The predicted octanol–water partition coefficient (Wildman–Crippen LogP) is 3.07. The molecular weight excluding hydrogens is 208 g/mol. The maximum atomic E-state index is 9.16. The van der Waals surface area contributed by atoms with Gasteiger partial charge in [0.25, 0.3) is 0 Å². The fraction of sp³-hybridized carbons (Fsp3) is 0.133. The van der Waals surface area contributed by atoms with Crippen LogP contribution in [0.5, 0.6) is 0 Å². The van der Waals surface area contributed by atoms with Crippen LogP contribution in [0.3, 0.4) is 0 Å². The molecule has 1 heterocycles. The van der Waals surface area contributed by atoms with Crippen molar-refractivity contribution in [2.24, 2.45) is 0 Å². The summed E-state index contributed by atoms with van der Waals surface area (Å²) in [6.07, 6.45) is 0.836. The first-order valence-corrected chi connectivity index (χ1v) is 5.71. The molecule has 2 heteroatoms. The largest absolute Gasteiger partial charge is 0.381 e. The van der Waals surface area contributed by atoms with E-state index in [-0.39, 0.29) is 0 Å². The van der Waals surface area contributed by atoms with Gasteiger partial charge >= 0.3 is 0 Å². The molecule has 82 valence electrons. The molecule has 0 amide bonds. The lowest BCUT2D eigenvalue weighted by molar-refractivity contribution is 1.11. The first-order chi connectivity index (χ1) is 8.38. The Labute approximate surface area is 101 Å². The van der Waals surface area contributed by atoms with E-state index in [1.165, 1.54) is 16.8 Å². The summed E-state index contributed by atoms with van der Waals surface area (Å²) in [7, 11) is 0. The van der Waals surface area contributed by atoms with Gasteiger partial charge in [-0.3, -0.25) is 0 Å². The Hall–Kier alpha value is -2.27. The summed E-state index contributed by atoms with van der Waals surface area (Å²) in [5.41, 5.74) is 5.61. The van der Waals surface area contributed by atoms with Gasteiger partial charge in [0, 0.05) is 18.7 Å². The summed E-state index contributed by atoms with van der Waals surface area (Å²) in [6.45, 7) is 0.794. The zero-order valence-electron chi connectivity index (χ0n) is 9.40. The van der Waals surface area contributed by atoms with Gasteiger partial charge in [-0.05, 0) is 28.8 Å². The van der Waals surface area contributed by atoms with E-state index in [1.807, 2.05) is 24.3 Å². The topological polar surface area (TPSA) is 35.8 Å². The first-order valence-electron chi connectivity index (χ1n) is 5.71. The summed E-state index contributed by atoms with van der Waals surface area (Å²) in [6, 6.07) is 16.5. The highest BCUT2D eigenvalue weighted by Crippen LogP contribution is 2.27. The van der Waals surface area contributed by atoms with Gasteiger partial charge in [0.15, 0.2) is 0 Å². The average Bonchev–Trinajstić information content (AvgIpc) is 2.57. The second-order valence-electron chi connectivity index (χ2n) is 4.24. The molecule has 2 aromatic rings. The van der Waals surface area contributed by atoms with Gasteiger partial charge in [-0.25, -0.2) is 0 Å². The second-order valence-corrected chi connectivity index (χ2v) is 4.24. The average molecular weight is 220 g/mol. The minimum absolute atomic E-state index is 0.793. The molecule has 17 heavy (non-hydrogen) atoms. The fourth-order valence-electron chi connectivity index (χ4n) is 2.34. The van der Waals surface area contributed by atoms with Gasteiger partial charge < -0.3 is 5.32 Å². The highest BCUT2D eigenvalue weighted by atomic mass is 14.9. The van der Waals surface area contributed by atoms with Crippen molar-refractivity contribution in [2.75, 3.05) is 5.32 Å². The molecule has 1 N–H and O–H groups in total. The molecule has 0 bridgehead atoms. The maximum Gasteiger partial charge on any atom is 0.0994 e. The molecule has 0 aromatic heterocycles. The number of anilines is 1. The van der Waals surface area contributed by atoms with Gasteiger partial charge in [0.2, 0.25) is 0 Å². The van der Waals surface area contributed by atoms with E-state index in [0.29, 0.717) is 0 Å². The molecule has 0 saturated heterocycles. The smallest absolute Gasteiger partial charge is 0.0994 e. The molecular formula is C15H12N2. The second kappa shape index (κ2) is 3.95. The minimum atomic E-state index is 0.793. The minimum Gasteiger partial charge on any atom is -0.381 e. The van der Waals surface area contributed by atoms with Crippen molar-refractivity contribution in [3.63, 3.8) is 0 Å². The maximum absolute atomic E-state index is 9.16. The molecule has 1 aliphatic heterocycles. The van der Waals surface area contributed by atoms with E-state index in [0.717, 1.165) is 24.1 Å². The number of nitrogens with one attached hydrogen (secondary N) is 1. The molecule has 2 nitrogen and oxygen atoms in total. The van der Waals surface area contributed by atoms with Gasteiger partial charge in [0.05, 0.1) is 11.6 Å². The summed E-state index contributed by atoms with van der Waals surface area (Å²) in [5.74, 6) is 0. The lowest BCUT2D eigenvalue weighted by Crippen LogP contribution is -1.99. The first kappa shape index (κ1) is 9.92. The molecule has 0 saturated carbocycles. The third-order valence-corrected chi connectivity index (χ3v) is 3.25. The lowest BCUT2D eigenvalue weighted by Gasteiger charge is -2.06. The van der Waals surface area contributed by atoms with Crippen molar-refractivity contribution >= 4 is 5.69 Å². The third kappa shape index (κ3) is 1.66. The van der Waals surface area contributed by atoms with Gasteiger partial charge in [-0.2, -0.15) is 5.26 Å². The lowest BCUT2D eigenvalue weighted by atomic mass is 9.96. The zero-order chi connectivity index (χ0) is 11.7. The van der Waals surface area contributed by atoms with Crippen LogP contribution in [-0.4, -0.2) is 0 Å². The number of hydrogen-bond acceptors (Lipinski definition) is 2. The Kier molecular flexibility index (Phi) is 2.31. The van der Waals surface area contributed by atoms with Crippen LogP contribution in [0.1, 0.15) is 22.3 Å². The molecule has 0 spiro atoms. The quantitative estimate of drug-likeness (QED) is 0.740. The van der Waals surface area contributed by atoms with Crippen LogP contribution in [-0.2, 0) is 13.0 Å². The van der Waals surface area contributed by atoms with Crippen LogP contribution >= 0.6 is 0 Å². The molecule has 0 atom stereocenters. The van der Waals surface area contributed by atoms with E-state index in [2.05, 4.69) is 29.6 Å². The Morgan fingerprint density at radius 3 is 2.71 bits per heavy atom. The van der Waals surface area contributed by atoms with Gasteiger partial charge in [0.1, 0.15) is 0 Å². The number of rotatable bonds is 0. The summed E-state index contributed by atoms with van der Waals surface area (Å²) in [4.78, 5) is 0. The van der Waals surface area contributed by atoms with Crippen LogP contribution in [0.2, 0.25) is 0 Å². The van der Waals surface area contributed by atoms with E-state index in [9.17, 15) is 0 Å². The number of nitriles is 1. The summed E-state index contributed by atoms with van der Waals surface area (Å²) in [5, 5.41) is 12.6. The highest BCUT2D eigenvalue weighted by molar-refractivity contribution is 5.58. The fourth-order valence-corrected chi connectivity index (χ4v) is 2.34. The van der Waals surface area contributed by atoms with Crippen molar-refractivity contribution < 1.29 is 0 Å². The monoisotopic (exact) mass is 220 g/mol. The van der Waals surface area contributed by atoms with Crippen LogP contribution < -0.4 is 5.32 Å². The number of benzene rings is 2. The van der Waals surface area contributed by atoms with Gasteiger partial charge in [-0.1, -0.05) is 30.3 Å². The SMILES string of the molecule is N#Cc1cccc2c1Cc1ccccc1NC2. The van der Waals surface area contributed by atoms with Crippen LogP contribution in [0.4, 0.5) is 5.69 Å². The molecule has 0 unspecified atom stereocenters. The summed E-state index contributed by atoms with van der Waals surface area (Å²) >= 11 is 0. The van der Waals surface area contributed by atoms with E-state index in [1.54, 1.807) is 0 Å². The molecule has 2 aromatic carbocycles. The third-order valence-electron chi connectivity index (χ3n) is 3.25.